The highest BCUT2D eigenvalue weighted by Crippen LogP contribution is 2.33. The fourth-order valence-electron chi connectivity index (χ4n) is 3.45. The number of nitrogens with zero attached hydrogens (tertiary/aromatic N) is 4. The molecule has 2 heterocycles. The summed E-state index contributed by atoms with van der Waals surface area (Å²) in [5.74, 6) is 1.53. The monoisotopic (exact) mass is 352 g/mol. The van der Waals surface area contributed by atoms with E-state index in [1.165, 1.54) is 16.8 Å². The largest absolute Gasteiger partial charge is 0.297 e. The summed E-state index contributed by atoms with van der Waals surface area (Å²) in [6.07, 6.45) is 5.69. The third-order valence-electron chi connectivity index (χ3n) is 4.81. The quantitative estimate of drug-likeness (QED) is 0.642. The zero-order valence-corrected chi connectivity index (χ0v) is 16.4. The van der Waals surface area contributed by atoms with Crippen LogP contribution < -0.4 is 4.57 Å². The van der Waals surface area contributed by atoms with Crippen LogP contribution in [0, 0.1) is 13.8 Å². The molecule has 4 nitrogen and oxygen atoms in total. The Kier molecular flexibility index (Phi) is 3.96. The molecule has 0 aliphatic rings. The first-order chi connectivity index (χ1) is 13.5. The Morgan fingerprint density at radius 2 is 1.77 bits per heavy atom. The van der Waals surface area contributed by atoms with Gasteiger partial charge in [-0.2, -0.15) is 4.57 Å². The summed E-state index contributed by atoms with van der Waals surface area (Å²) >= 11 is 0. The second kappa shape index (κ2) is 7.02. The Balaban J connectivity index is 2.29. The van der Waals surface area contributed by atoms with E-state index in [1.807, 2.05) is 24.7 Å². The summed E-state index contributed by atoms with van der Waals surface area (Å²) in [7, 11) is 1.98. The molecule has 0 saturated carbocycles. The van der Waals surface area contributed by atoms with Crippen LogP contribution in [0.3, 0.4) is 0 Å². The maximum Gasteiger partial charge on any atom is 0.297 e. The Labute approximate surface area is 160 Å². The minimum absolute atomic E-state index is 0.120. The van der Waals surface area contributed by atoms with Crippen molar-refractivity contribution in [3.8, 4) is 17.1 Å². The van der Waals surface area contributed by atoms with E-state index in [0.717, 1.165) is 11.4 Å². The van der Waals surface area contributed by atoms with Gasteiger partial charge in [-0.15, -0.1) is 0 Å². The number of hydrogen-bond acceptors (Lipinski definition) is 2. The second-order valence-electron chi connectivity index (χ2n) is 7.39. The normalized spacial score (nSPS) is 13.8. The summed E-state index contributed by atoms with van der Waals surface area (Å²) in [4.78, 5) is 8.45. The molecule has 0 saturated heterocycles. The van der Waals surface area contributed by atoms with E-state index in [4.69, 9.17) is 4.11 Å². The molecule has 3 rings (SSSR count). The molecule has 0 unspecified atom stereocenters. The van der Waals surface area contributed by atoms with Crippen molar-refractivity contribution in [1.82, 2.24) is 14.5 Å². The Morgan fingerprint density at radius 3 is 2.31 bits per heavy atom. The first-order valence-electron chi connectivity index (χ1n) is 10.6. The first-order valence-corrected chi connectivity index (χ1v) is 9.07. The fraction of sp³-hybridized carbons (Fsp3) is 0.409. The number of imidazole rings is 1. The summed E-state index contributed by atoms with van der Waals surface area (Å²) in [6, 6.07) is 6.48. The lowest BCUT2D eigenvalue weighted by Crippen LogP contribution is -2.29. The van der Waals surface area contributed by atoms with E-state index in [1.54, 1.807) is 6.20 Å². The average molecular weight is 353 g/mol. The molecule has 0 aliphatic heterocycles. The van der Waals surface area contributed by atoms with Gasteiger partial charge in [0.15, 0.2) is 0 Å². The van der Waals surface area contributed by atoms with Crippen LogP contribution in [0.1, 0.15) is 66.3 Å². The van der Waals surface area contributed by atoms with E-state index >= 15 is 0 Å². The van der Waals surface area contributed by atoms with Crippen LogP contribution in [0.25, 0.3) is 17.1 Å². The van der Waals surface area contributed by atoms with Crippen molar-refractivity contribution in [1.29, 1.82) is 0 Å². The van der Waals surface area contributed by atoms with Crippen LogP contribution in [-0.2, 0) is 7.05 Å². The van der Waals surface area contributed by atoms with E-state index in [-0.39, 0.29) is 5.82 Å². The van der Waals surface area contributed by atoms with E-state index < -0.39 is 6.85 Å². The van der Waals surface area contributed by atoms with Crippen molar-refractivity contribution in [2.75, 3.05) is 0 Å². The van der Waals surface area contributed by atoms with Crippen LogP contribution in [0.5, 0.6) is 0 Å². The Bertz CT molecular complexity index is 1010. The van der Waals surface area contributed by atoms with Crippen LogP contribution in [0.2, 0.25) is 0 Å². The van der Waals surface area contributed by atoms with Gasteiger partial charge >= 0.3 is 0 Å². The predicted octanol–water partition coefficient (Wildman–Crippen LogP) is 4.62. The summed E-state index contributed by atoms with van der Waals surface area (Å²) in [5.41, 5.74) is 5.18. The molecule has 0 fully saturated rings. The summed E-state index contributed by atoms with van der Waals surface area (Å²) in [6.45, 7) is 8.32. The molecule has 26 heavy (non-hydrogen) atoms. The Hall–Kier alpha value is -2.49. The highest BCUT2D eigenvalue weighted by Gasteiger charge is 2.27. The number of hydrogen-bond donors (Lipinski definition) is 0. The van der Waals surface area contributed by atoms with Crippen LogP contribution in [0.15, 0.2) is 36.8 Å². The molecule has 0 atom stereocenters. The predicted molar refractivity (Wildman–Crippen MR) is 106 cm³/mol. The molecule has 1 aromatic carbocycles. The minimum Gasteiger partial charge on any atom is -0.241 e. The number of benzene rings is 1. The summed E-state index contributed by atoms with van der Waals surface area (Å²) < 4.78 is 27.0. The van der Waals surface area contributed by atoms with E-state index in [0.29, 0.717) is 17.5 Å². The van der Waals surface area contributed by atoms with Gasteiger partial charge in [-0.25, -0.2) is 14.5 Å². The van der Waals surface area contributed by atoms with Crippen molar-refractivity contribution < 1.29 is 8.68 Å². The molecule has 0 N–H and O–H groups in total. The lowest BCUT2D eigenvalue weighted by atomic mass is 9.92. The lowest BCUT2D eigenvalue weighted by Gasteiger charge is -2.18. The zero-order valence-electron chi connectivity index (χ0n) is 19.4. The van der Waals surface area contributed by atoms with Crippen molar-refractivity contribution in [2.45, 2.75) is 53.3 Å². The number of aromatic nitrogens is 4. The average Bonchev–Trinajstić information content (AvgIpc) is 3.01. The zero-order chi connectivity index (χ0) is 21.5. The fourth-order valence-corrected chi connectivity index (χ4v) is 3.45. The number of rotatable bonds is 4. The van der Waals surface area contributed by atoms with Crippen LogP contribution >= 0.6 is 0 Å². The van der Waals surface area contributed by atoms with Crippen LogP contribution in [-0.4, -0.2) is 14.5 Å². The molecule has 0 radical (unpaired) electrons. The maximum absolute atomic E-state index is 7.58. The smallest absolute Gasteiger partial charge is 0.241 e. The number of para-hydroxylation sites is 1. The standard InChI is InChI=1S/C22H29N4/c1-14(2)18-9-8-10-19(15(3)4)21(18)26-12-11-25(7)22(26)20-13-23-17(6)24-16(20)5/h8-15H,1-7H3/q+1/i6D3. The molecule has 4 heteroatoms. The molecule has 0 amide bonds. The topological polar surface area (TPSA) is 34.6 Å². The third-order valence-corrected chi connectivity index (χ3v) is 4.81. The van der Waals surface area contributed by atoms with E-state index in [2.05, 4.69) is 66.6 Å². The van der Waals surface area contributed by atoms with Crippen molar-refractivity contribution >= 4 is 0 Å². The van der Waals surface area contributed by atoms with Crippen molar-refractivity contribution in [3.05, 3.63) is 59.4 Å². The highest BCUT2D eigenvalue weighted by atomic mass is 15.1. The second-order valence-corrected chi connectivity index (χ2v) is 7.39. The molecule has 2 aromatic heterocycles. The molecule has 136 valence electrons. The lowest BCUT2D eigenvalue weighted by molar-refractivity contribution is -0.659. The van der Waals surface area contributed by atoms with Gasteiger partial charge in [-0.3, -0.25) is 0 Å². The van der Waals surface area contributed by atoms with Gasteiger partial charge in [-0.05, 0) is 25.6 Å². The molecule has 0 aliphatic carbocycles. The van der Waals surface area contributed by atoms with Gasteiger partial charge in [0.25, 0.3) is 5.82 Å². The van der Waals surface area contributed by atoms with Crippen LogP contribution in [0.4, 0.5) is 0 Å². The molecule has 0 spiro atoms. The van der Waals surface area contributed by atoms with Gasteiger partial charge in [0.1, 0.15) is 29.5 Å². The molecule has 3 aromatic rings. The van der Waals surface area contributed by atoms with Crippen molar-refractivity contribution in [3.63, 3.8) is 0 Å². The van der Waals surface area contributed by atoms with Crippen molar-refractivity contribution in [2.24, 2.45) is 7.05 Å². The van der Waals surface area contributed by atoms with Gasteiger partial charge < -0.3 is 0 Å². The Morgan fingerprint density at radius 1 is 1.12 bits per heavy atom. The highest BCUT2D eigenvalue weighted by molar-refractivity contribution is 5.61. The minimum atomic E-state index is -2.32. The molecular weight excluding hydrogens is 320 g/mol. The third kappa shape index (κ3) is 3.16. The summed E-state index contributed by atoms with van der Waals surface area (Å²) in [5, 5.41) is 0. The van der Waals surface area contributed by atoms with Gasteiger partial charge in [0, 0.05) is 21.4 Å². The maximum atomic E-state index is 7.58. The van der Waals surface area contributed by atoms with E-state index in [9.17, 15) is 0 Å². The number of aryl methyl sites for hydroxylation is 3. The van der Waals surface area contributed by atoms with Gasteiger partial charge in [0.05, 0.1) is 12.7 Å². The first kappa shape index (κ1) is 14.7. The molecular formula is C22H29N4+. The molecule has 0 bridgehead atoms. The SMILES string of the molecule is [2H]C([2H])([2H])c1ncc(-c2n(-c3c(C(C)C)cccc3C(C)C)cc[n+]2C)c(C)n1. The van der Waals surface area contributed by atoms with Gasteiger partial charge in [-0.1, -0.05) is 45.9 Å². The van der Waals surface area contributed by atoms with Gasteiger partial charge in [0.2, 0.25) is 0 Å².